The Hall–Kier alpha value is -0.200. The van der Waals surface area contributed by atoms with Gasteiger partial charge in [0, 0.05) is 44.1 Å². The van der Waals surface area contributed by atoms with Crippen molar-refractivity contribution in [3.63, 3.8) is 0 Å². The molecule has 2 aliphatic heterocycles. The molecule has 1 spiro atoms. The first-order chi connectivity index (χ1) is 9.60. The Morgan fingerprint density at radius 2 is 1.95 bits per heavy atom. The molecule has 0 aromatic carbocycles. The standard InChI is InChI=1S/C15H29N3O2/c1-12-11-17(2)6-3-7-18(12)14-10-15(5-4-13(14)16)19-8-9-20-15/h12-14H,3-11,16H2,1-2H3. The fourth-order valence-electron chi connectivity index (χ4n) is 4.16. The monoisotopic (exact) mass is 283 g/mol. The average Bonchev–Trinajstić information content (AvgIpc) is 2.79. The van der Waals surface area contributed by atoms with Gasteiger partial charge >= 0.3 is 0 Å². The van der Waals surface area contributed by atoms with Crippen LogP contribution < -0.4 is 5.73 Å². The van der Waals surface area contributed by atoms with Gasteiger partial charge in [-0.1, -0.05) is 0 Å². The first kappa shape index (κ1) is 14.7. The van der Waals surface area contributed by atoms with Gasteiger partial charge in [-0.15, -0.1) is 0 Å². The number of likely N-dealkylation sites (N-methyl/N-ethyl adjacent to an activating group) is 1. The molecule has 2 heterocycles. The molecule has 5 nitrogen and oxygen atoms in total. The summed E-state index contributed by atoms with van der Waals surface area (Å²) in [7, 11) is 2.21. The molecule has 3 rings (SSSR count). The number of hydrogen-bond acceptors (Lipinski definition) is 5. The van der Waals surface area contributed by atoms with Gasteiger partial charge in [0.05, 0.1) is 13.2 Å². The Morgan fingerprint density at radius 1 is 1.20 bits per heavy atom. The molecule has 3 unspecified atom stereocenters. The van der Waals surface area contributed by atoms with Crippen molar-refractivity contribution in [2.24, 2.45) is 5.73 Å². The van der Waals surface area contributed by atoms with Crippen LogP contribution in [-0.2, 0) is 9.47 Å². The lowest BCUT2D eigenvalue weighted by molar-refractivity contribution is -0.193. The molecule has 0 amide bonds. The predicted molar refractivity (Wildman–Crippen MR) is 78.5 cm³/mol. The van der Waals surface area contributed by atoms with Crippen molar-refractivity contribution in [2.45, 2.75) is 56.5 Å². The highest BCUT2D eigenvalue weighted by atomic mass is 16.7. The van der Waals surface area contributed by atoms with Crippen molar-refractivity contribution in [1.29, 1.82) is 0 Å². The van der Waals surface area contributed by atoms with Crippen molar-refractivity contribution in [3.8, 4) is 0 Å². The molecule has 0 aromatic heterocycles. The summed E-state index contributed by atoms with van der Waals surface area (Å²) in [5.74, 6) is -0.335. The van der Waals surface area contributed by atoms with E-state index in [2.05, 4.69) is 23.8 Å². The lowest BCUT2D eigenvalue weighted by Crippen LogP contribution is -2.59. The van der Waals surface area contributed by atoms with Crippen LogP contribution in [0.4, 0.5) is 0 Å². The van der Waals surface area contributed by atoms with Crippen LogP contribution in [0.2, 0.25) is 0 Å². The minimum atomic E-state index is -0.335. The molecule has 116 valence electrons. The first-order valence-corrected chi connectivity index (χ1v) is 8.07. The summed E-state index contributed by atoms with van der Waals surface area (Å²) in [5, 5.41) is 0. The third-order valence-electron chi connectivity index (χ3n) is 5.21. The molecule has 3 fully saturated rings. The summed E-state index contributed by atoms with van der Waals surface area (Å²) >= 11 is 0. The Kier molecular flexibility index (Phi) is 4.34. The lowest BCUT2D eigenvalue weighted by atomic mass is 9.84. The number of ether oxygens (including phenoxy) is 2. The summed E-state index contributed by atoms with van der Waals surface area (Å²) in [6.45, 7) is 7.24. The molecule has 0 aromatic rings. The summed E-state index contributed by atoms with van der Waals surface area (Å²) in [5.41, 5.74) is 6.44. The molecular formula is C15H29N3O2. The topological polar surface area (TPSA) is 51.0 Å². The lowest BCUT2D eigenvalue weighted by Gasteiger charge is -2.46. The first-order valence-electron chi connectivity index (χ1n) is 8.07. The minimum absolute atomic E-state index is 0.249. The van der Waals surface area contributed by atoms with Gasteiger partial charge in [0.1, 0.15) is 0 Å². The van der Waals surface area contributed by atoms with Crippen molar-refractivity contribution in [3.05, 3.63) is 0 Å². The summed E-state index contributed by atoms with van der Waals surface area (Å²) in [4.78, 5) is 5.04. The van der Waals surface area contributed by atoms with E-state index in [1.807, 2.05) is 0 Å². The van der Waals surface area contributed by atoms with Crippen LogP contribution in [0.3, 0.4) is 0 Å². The molecule has 5 heteroatoms. The number of rotatable bonds is 1. The second kappa shape index (κ2) is 5.89. The average molecular weight is 283 g/mol. The third kappa shape index (κ3) is 2.88. The maximum absolute atomic E-state index is 6.44. The van der Waals surface area contributed by atoms with Gasteiger partial charge in [-0.3, -0.25) is 4.90 Å². The molecule has 2 N–H and O–H groups in total. The third-order valence-corrected chi connectivity index (χ3v) is 5.21. The van der Waals surface area contributed by atoms with E-state index >= 15 is 0 Å². The second-order valence-corrected chi connectivity index (χ2v) is 6.78. The van der Waals surface area contributed by atoms with Crippen LogP contribution in [0.1, 0.15) is 32.6 Å². The highest BCUT2D eigenvalue weighted by Crippen LogP contribution is 2.38. The van der Waals surface area contributed by atoms with E-state index in [0.717, 1.165) is 45.6 Å². The zero-order valence-electron chi connectivity index (χ0n) is 12.9. The van der Waals surface area contributed by atoms with E-state index in [1.165, 1.54) is 13.0 Å². The van der Waals surface area contributed by atoms with E-state index in [0.29, 0.717) is 12.1 Å². The van der Waals surface area contributed by atoms with Gasteiger partial charge in [0.2, 0.25) is 0 Å². The highest BCUT2D eigenvalue weighted by Gasteiger charge is 2.46. The van der Waals surface area contributed by atoms with Crippen LogP contribution in [0.5, 0.6) is 0 Å². The van der Waals surface area contributed by atoms with Crippen molar-refractivity contribution in [2.75, 3.05) is 39.9 Å². The fourth-order valence-corrected chi connectivity index (χ4v) is 4.16. The van der Waals surface area contributed by atoms with Crippen molar-refractivity contribution >= 4 is 0 Å². The molecule has 0 radical (unpaired) electrons. The molecule has 20 heavy (non-hydrogen) atoms. The zero-order chi connectivity index (χ0) is 14.2. The van der Waals surface area contributed by atoms with Crippen LogP contribution in [0.25, 0.3) is 0 Å². The van der Waals surface area contributed by atoms with Crippen molar-refractivity contribution in [1.82, 2.24) is 9.80 Å². The number of nitrogens with two attached hydrogens (primary N) is 1. The zero-order valence-corrected chi connectivity index (χ0v) is 12.9. The summed E-state index contributed by atoms with van der Waals surface area (Å²) in [6, 6.07) is 1.19. The Morgan fingerprint density at radius 3 is 2.70 bits per heavy atom. The molecule has 1 saturated carbocycles. The molecule has 3 atom stereocenters. The normalized spacial score (nSPS) is 40.0. The number of nitrogens with zero attached hydrogens (tertiary/aromatic N) is 2. The van der Waals surface area contributed by atoms with Gasteiger partial charge in [0.25, 0.3) is 0 Å². The molecule has 2 saturated heterocycles. The molecule has 0 bridgehead atoms. The van der Waals surface area contributed by atoms with Gasteiger partial charge in [-0.25, -0.2) is 0 Å². The van der Waals surface area contributed by atoms with Gasteiger partial charge < -0.3 is 20.1 Å². The smallest absolute Gasteiger partial charge is 0.170 e. The van der Waals surface area contributed by atoms with Crippen LogP contribution in [0.15, 0.2) is 0 Å². The molecule has 3 aliphatic rings. The quantitative estimate of drug-likeness (QED) is 0.765. The van der Waals surface area contributed by atoms with E-state index in [-0.39, 0.29) is 11.8 Å². The van der Waals surface area contributed by atoms with Crippen LogP contribution in [0, 0.1) is 0 Å². The highest BCUT2D eigenvalue weighted by molar-refractivity contribution is 4.97. The fraction of sp³-hybridized carbons (Fsp3) is 1.00. The Bertz CT molecular complexity index is 333. The van der Waals surface area contributed by atoms with Crippen molar-refractivity contribution < 1.29 is 9.47 Å². The Labute approximate surface area is 122 Å². The largest absolute Gasteiger partial charge is 0.347 e. The number of hydrogen-bond donors (Lipinski definition) is 1. The Balaban J connectivity index is 1.72. The van der Waals surface area contributed by atoms with E-state index in [1.54, 1.807) is 0 Å². The summed E-state index contributed by atoms with van der Waals surface area (Å²) < 4.78 is 11.8. The van der Waals surface area contributed by atoms with Gasteiger partial charge in [-0.2, -0.15) is 0 Å². The maximum atomic E-state index is 6.44. The minimum Gasteiger partial charge on any atom is -0.347 e. The summed E-state index contributed by atoms with van der Waals surface area (Å²) in [6.07, 6.45) is 4.11. The van der Waals surface area contributed by atoms with Crippen LogP contribution in [-0.4, -0.2) is 73.6 Å². The molecular weight excluding hydrogens is 254 g/mol. The van der Waals surface area contributed by atoms with E-state index in [9.17, 15) is 0 Å². The van der Waals surface area contributed by atoms with E-state index in [4.69, 9.17) is 15.2 Å². The maximum Gasteiger partial charge on any atom is 0.170 e. The van der Waals surface area contributed by atoms with E-state index < -0.39 is 0 Å². The SMILES string of the molecule is CC1CN(C)CCCN1C1CC2(CCC1N)OCCO2. The molecule has 1 aliphatic carbocycles. The second-order valence-electron chi connectivity index (χ2n) is 6.78. The van der Waals surface area contributed by atoms with Crippen LogP contribution >= 0.6 is 0 Å². The van der Waals surface area contributed by atoms with Gasteiger partial charge in [0.15, 0.2) is 5.79 Å². The predicted octanol–water partition coefficient (Wildman–Crippen LogP) is 0.635. The van der Waals surface area contributed by atoms with Gasteiger partial charge in [-0.05, 0) is 33.4 Å².